The predicted octanol–water partition coefficient (Wildman–Crippen LogP) is 0.0463. The van der Waals surface area contributed by atoms with E-state index in [1.807, 2.05) is 9.47 Å². The van der Waals surface area contributed by atoms with Gasteiger partial charge in [-0.1, -0.05) is 5.16 Å². The summed E-state index contributed by atoms with van der Waals surface area (Å²) in [5, 5.41) is 21.0. The molecule has 1 aliphatic rings. The molecule has 0 saturated heterocycles. The Morgan fingerprint density at radius 2 is 2.25 bits per heavy atom. The highest BCUT2D eigenvalue weighted by Gasteiger charge is 2.26. The van der Waals surface area contributed by atoms with Crippen LogP contribution in [0.3, 0.4) is 0 Å². The summed E-state index contributed by atoms with van der Waals surface area (Å²) in [4.78, 5) is 25.5. The summed E-state index contributed by atoms with van der Waals surface area (Å²) in [6, 6.07) is 4.47. The molecule has 1 aliphatic heterocycles. The molecule has 1 amide bonds. The number of nitrogens with zero attached hydrogens (tertiary/aromatic N) is 8. The lowest BCUT2D eigenvalue weighted by molar-refractivity contribution is -0.250. The van der Waals surface area contributed by atoms with Crippen molar-refractivity contribution in [3.8, 4) is 28.6 Å². The van der Waals surface area contributed by atoms with Gasteiger partial charge in [-0.25, -0.2) is 19.0 Å². The van der Waals surface area contributed by atoms with Crippen LogP contribution in [0.2, 0.25) is 0 Å². The van der Waals surface area contributed by atoms with Crippen molar-refractivity contribution in [2.45, 2.75) is 13.1 Å². The zero-order chi connectivity index (χ0) is 22.2. The number of carbonyl (C=O) groups is 1. The third-order valence-electron chi connectivity index (χ3n) is 5.09. The Hall–Kier alpha value is -4.13. The normalized spacial score (nSPS) is 12.2. The number of benzene rings is 1. The van der Waals surface area contributed by atoms with Crippen molar-refractivity contribution in [2.75, 3.05) is 20.1 Å². The van der Waals surface area contributed by atoms with Crippen LogP contribution in [-0.2, 0) is 13.1 Å². The molecule has 5 rings (SSSR count). The Bertz CT molecular complexity index is 1290. The first-order chi connectivity index (χ1) is 15.5. The van der Waals surface area contributed by atoms with Crippen molar-refractivity contribution in [2.24, 2.45) is 0 Å². The van der Waals surface area contributed by atoms with Crippen molar-refractivity contribution in [3.63, 3.8) is 0 Å². The Labute approximate surface area is 180 Å². The van der Waals surface area contributed by atoms with Crippen LogP contribution in [0.15, 0.2) is 35.4 Å². The van der Waals surface area contributed by atoms with Gasteiger partial charge in [0.1, 0.15) is 30.3 Å². The monoisotopic (exact) mass is 438 g/mol. The maximum Gasteiger partial charge on any atom is 0.241 e. The standard InChI is InChI=1S/C19H18FN9O3/c1-27(5-4-21-19(30)31)8-15-25-17(26-32-15)16-14-7-29-18(22-9-24-29)12-6-11(20)2-3-13(12)28(14)10-23-16/h2-3,6,9-10,21H,4-5,7-8H2,1H3,(H,30,31)/p-1. The summed E-state index contributed by atoms with van der Waals surface area (Å²) in [6.07, 6.45) is 1.73. The first-order valence-corrected chi connectivity index (χ1v) is 9.70. The van der Waals surface area contributed by atoms with E-state index in [9.17, 15) is 14.3 Å². The van der Waals surface area contributed by atoms with E-state index in [1.165, 1.54) is 18.5 Å². The van der Waals surface area contributed by atoms with E-state index in [1.54, 1.807) is 24.1 Å². The van der Waals surface area contributed by atoms with Gasteiger partial charge in [-0.05, 0) is 25.2 Å². The van der Waals surface area contributed by atoms with Gasteiger partial charge in [-0.2, -0.15) is 10.1 Å². The van der Waals surface area contributed by atoms with Gasteiger partial charge in [0, 0.05) is 18.7 Å². The molecule has 13 heteroatoms. The number of amides is 1. The number of aromatic nitrogens is 7. The lowest BCUT2D eigenvalue weighted by atomic mass is 10.1. The second kappa shape index (κ2) is 7.85. The second-order valence-electron chi connectivity index (χ2n) is 7.28. The van der Waals surface area contributed by atoms with Crippen LogP contribution in [-0.4, -0.2) is 65.6 Å². The highest BCUT2D eigenvalue weighted by atomic mass is 19.1. The van der Waals surface area contributed by atoms with Gasteiger partial charge in [-0.3, -0.25) is 9.47 Å². The number of hydrogen-bond acceptors (Lipinski definition) is 9. The minimum Gasteiger partial charge on any atom is -0.530 e. The average molecular weight is 438 g/mol. The Kier molecular flexibility index (Phi) is 4.86. The van der Waals surface area contributed by atoms with Gasteiger partial charge in [0.05, 0.1) is 24.5 Å². The molecule has 0 radical (unpaired) electrons. The van der Waals surface area contributed by atoms with E-state index in [2.05, 4.69) is 30.5 Å². The lowest BCUT2D eigenvalue weighted by Crippen LogP contribution is -2.40. The summed E-state index contributed by atoms with van der Waals surface area (Å²) >= 11 is 0. The molecule has 0 fully saturated rings. The maximum atomic E-state index is 13.9. The number of halogens is 1. The molecule has 4 heterocycles. The fourth-order valence-electron chi connectivity index (χ4n) is 3.62. The third kappa shape index (κ3) is 3.58. The first-order valence-electron chi connectivity index (χ1n) is 9.70. The predicted molar refractivity (Wildman–Crippen MR) is 105 cm³/mol. The zero-order valence-corrected chi connectivity index (χ0v) is 16.9. The molecule has 12 nitrogen and oxygen atoms in total. The minimum atomic E-state index is -1.32. The molecule has 0 unspecified atom stereocenters. The first kappa shape index (κ1) is 19.8. The Balaban J connectivity index is 1.44. The van der Waals surface area contributed by atoms with Crippen LogP contribution in [0.25, 0.3) is 28.6 Å². The molecule has 3 aromatic heterocycles. The van der Waals surface area contributed by atoms with E-state index in [4.69, 9.17) is 4.52 Å². The van der Waals surface area contributed by atoms with Crippen molar-refractivity contribution >= 4 is 6.09 Å². The van der Waals surface area contributed by atoms with Gasteiger partial charge in [-0.15, -0.1) is 0 Å². The number of rotatable bonds is 6. The molecule has 0 bridgehead atoms. The third-order valence-corrected chi connectivity index (χ3v) is 5.09. The van der Waals surface area contributed by atoms with Crippen molar-refractivity contribution in [1.82, 2.24) is 44.7 Å². The van der Waals surface area contributed by atoms with Crippen LogP contribution in [0.5, 0.6) is 0 Å². The van der Waals surface area contributed by atoms with Crippen LogP contribution in [0.1, 0.15) is 11.6 Å². The highest BCUT2D eigenvalue weighted by molar-refractivity contribution is 5.70. The SMILES string of the molecule is CN(CCNC(=O)[O-])Cc1nc(-c2ncn3c2Cn2ncnc2-c2cc(F)ccc2-3)no1. The largest absolute Gasteiger partial charge is 0.530 e. The molecular weight excluding hydrogens is 421 g/mol. The number of likely N-dealkylation sites (N-methyl/N-ethyl adjacent to an activating group) is 1. The maximum absolute atomic E-state index is 13.9. The van der Waals surface area contributed by atoms with Crippen LogP contribution < -0.4 is 10.4 Å². The minimum absolute atomic E-state index is 0.217. The molecule has 32 heavy (non-hydrogen) atoms. The number of nitrogens with one attached hydrogen (secondary N) is 1. The summed E-state index contributed by atoms with van der Waals surface area (Å²) in [7, 11) is 1.80. The van der Waals surface area contributed by atoms with E-state index in [-0.39, 0.29) is 12.4 Å². The van der Waals surface area contributed by atoms with Crippen LogP contribution in [0.4, 0.5) is 9.18 Å². The fraction of sp³-hybridized carbons (Fsp3) is 0.263. The van der Waals surface area contributed by atoms with Gasteiger partial charge < -0.3 is 19.7 Å². The van der Waals surface area contributed by atoms with Gasteiger partial charge in [0.2, 0.25) is 11.7 Å². The summed E-state index contributed by atoms with van der Waals surface area (Å²) < 4.78 is 22.8. The smallest absolute Gasteiger partial charge is 0.241 e. The number of carboxylic acid groups (broad SMARTS) is 1. The van der Waals surface area contributed by atoms with Gasteiger partial charge in [0.25, 0.3) is 0 Å². The molecule has 1 N–H and O–H groups in total. The molecule has 0 spiro atoms. The number of imidazole rings is 1. The second-order valence-corrected chi connectivity index (χ2v) is 7.28. The molecule has 164 valence electrons. The summed E-state index contributed by atoms with van der Waals surface area (Å²) in [5.41, 5.74) is 2.59. The van der Waals surface area contributed by atoms with Crippen LogP contribution >= 0.6 is 0 Å². The van der Waals surface area contributed by atoms with Gasteiger partial charge >= 0.3 is 0 Å². The molecule has 0 aliphatic carbocycles. The van der Waals surface area contributed by atoms with E-state index >= 15 is 0 Å². The van der Waals surface area contributed by atoms with Crippen LogP contribution in [0, 0.1) is 5.82 Å². The van der Waals surface area contributed by atoms with Crippen molar-refractivity contribution in [3.05, 3.63) is 48.3 Å². The lowest BCUT2D eigenvalue weighted by Gasteiger charge is -2.14. The summed E-state index contributed by atoms with van der Waals surface area (Å²) in [5.74, 6) is 0.844. The Morgan fingerprint density at radius 3 is 3.09 bits per heavy atom. The molecule has 0 saturated carbocycles. The summed E-state index contributed by atoms with van der Waals surface area (Å²) in [6.45, 7) is 1.31. The molecule has 0 atom stereocenters. The van der Waals surface area contributed by atoms with E-state index in [0.29, 0.717) is 48.4 Å². The molecule has 1 aromatic carbocycles. The highest BCUT2D eigenvalue weighted by Crippen LogP contribution is 2.33. The molecule has 4 aromatic rings. The zero-order valence-electron chi connectivity index (χ0n) is 16.9. The average Bonchev–Trinajstić information content (AvgIpc) is 3.47. The topological polar surface area (TPSA) is 143 Å². The number of fused-ring (bicyclic) bond motifs is 5. The van der Waals surface area contributed by atoms with Gasteiger partial charge in [0.15, 0.2) is 5.82 Å². The molecular formula is C19H17FN9O3-. The van der Waals surface area contributed by atoms with E-state index in [0.717, 1.165) is 11.4 Å². The van der Waals surface area contributed by atoms with Crippen molar-refractivity contribution < 1.29 is 18.8 Å². The van der Waals surface area contributed by atoms with Crippen molar-refractivity contribution in [1.29, 1.82) is 0 Å². The number of hydrogen-bond donors (Lipinski definition) is 1. The van der Waals surface area contributed by atoms with E-state index < -0.39 is 6.09 Å². The quantitative estimate of drug-likeness (QED) is 0.389. The fourth-order valence-corrected chi connectivity index (χ4v) is 3.62. The Morgan fingerprint density at radius 1 is 1.38 bits per heavy atom. The number of carbonyl (C=O) groups excluding carboxylic acids is 1.